The summed E-state index contributed by atoms with van der Waals surface area (Å²) in [5.74, 6) is -0.459. The van der Waals surface area contributed by atoms with Crippen molar-refractivity contribution in [3.05, 3.63) is 77.1 Å². The van der Waals surface area contributed by atoms with E-state index in [1.807, 2.05) is 54.0 Å². The van der Waals surface area contributed by atoms with Crippen molar-refractivity contribution in [2.75, 3.05) is 18.9 Å². The molecule has 4 aromatic rings. The average Bonchev–Trinajstić information content (AvgIpc) is 3.39. The summed E-state index contributed by atoms with van der Waals surface area (Å²) < 4.78 is 25.8. The molecular weight excluding hydrogens is 432 g/mol. The molecule has 9 heteroatoms. The number of aromatic amines is 1. The number of anilines is 1. The van der Waals surface area contributed by atoms with E-state index in [2.05, 4.69) is 15.3 Å². The predicted molar refractivity (Wildman–Crippen MR) is 125 cm³/mol. The maximum absolute atomic E-state index is 12.4. The standard InChI is InChI=1S/C22H20N4O3S2/c1-26(31(28,29)12-11-16-7-3-2-4-8-16)14-21(27)25-22-24-20(15-30-22)18-13-23-19-10-6-5-9-17(18)19/h2-13,15,23H,14H2,1H3,(H,24,25,27). The van der Waals surface area contributed by atoms with Crippen LogP contribution in [0.5, 0.6) is 0 Å². The fraction of sp³-hybridized carbons (Fsp3) is 0.0909. The summed E-state index contributed by atoms with van der Waals surface area (Å²) in [4.78, 5) is 20.0. The maximum atomic E-state index is 12.4. The van der Waals surface area contributed by atoms with Crippen LogP contribution in [0.1, 0.15) is 5.56 Å². The van der Waals surface area contributed by atoms with Gasteiger partial charge < -0.3 is 10.3 Å². The number of sulfonamides is 1. The first kappa shape index (κ1) is 21.0. The van der Waals surface area contributed by atoms with Gasteiger partial charge in [-0.25, -0.2) is 13.4 Å². The maximum Gasteiger partial charge on any atom is 0.241 e. The Labute approximate surface area is 184 Å². The van der Waals surface area contributed by atoms with Crippen LogP contribution in [0, 0.1) is 0 Å². The number of amides is 1. The van der Waals surface area contributed by atoms with Gasteiger partial charge in [0.15, 0.2) is 5.13 Å². The van der Waals surface area contributed by atoms with Crippen molar-refractivity contribution in [3.8, 4) is 11.3 Å². The number of carbonyl (C=O) groups is 1. The van der Waals surface area contributed by atoms with E-state index in [9.17, 15) is 13.2 Å². The molecule has 0 aliphatic carbocycles. The molecule has 4 rings (SSSR count). The molecule has 1 amide bonds. The smallest absolute Gasteiger partial charge is 0.241 e. The van der Waals surface area contributed by atoms with Gasteiger partial charge in [0.2, 0.25) is 15.9 Å². The number of benzene rings is 2. The van der Waals surface area contributed by atoms with Gasteiger partial charge in [0.25, 0.3) is 0 Å². The molecule has 31 heavy (non-hydrogen) atoms. The number of nitrogens with one attached hydrogen (secondary N) is 2. The highest BCUT2D eigenvalue weighted by Gasteiger charge is 2.19. The van der Waals surface area contributed by atoms with E-state index in [4.69, 9.17) is 0 Å². The van der Waals surface area contributed by atoms with Crippen molar-refractivity contribution >= 4 is 49.4 Å². The SMILES string of the molecule is CN(CC(=O)Nc1nc(-c2c[nH]c3ccccc23)cs1)S(=O)(=O)C=Cc1ccccc1. The molecule has 0 radical (unpaired) electrons. The number of carbonyl (C=O) groups excluding carboxylic acids is 1. The third-order valence-corrected chi connectivity index (χ3v) is 6.88. The molecule has 0 aliphatic rings. The van der Waals surface area contributed by atoms with E-state index in [1.165, 1.54) is 24.5 Å². The lowest BCUT2D eigenvalue weighted by atomic mass is 10.1. The summed E-state index contributed by atoms with van der Waals surface area (Å²) in [6, 6.07) is 17.0. The zero-order valence-corrected chi connectivity index (χ0v) is 18.3. The Balaban J connectivity index is 1.40. The Morgan fingerprint density at radius 1 is 1.16 bits per heavy atom. The molecule has 0 saturated heterocycles. The molecule has 158 valence electrons. The number of rotatable bonds is 7. The molecule has 0 spiro atoms. The van der Waals surface area contributed by atoms with Crippen LogP contribution in [-0.2, 0) is 14.8 Å². The van der Waals surface area contributed by atoms with E-state index < -0.39 is 15.9 Å². The van der Waals surface area contributed by atoms with Crippen molar-refractivity contribution in [3.63, 3.8) is 0 Å². The summed E-state index contributed by atoms with van der Waals surface area (Å²) in [5, 5.41) is 7.08. The topological polar surface area (TPSA) is 95.2 Å². The number of fused-ring (bicyclic) bond motifs is 1. The molecule has 0 atom stereocenters. The summed E-state index contributed by atoms with van der Waals surface area (Å²) in [7, 11) is -2.37. The Bertz CT molecular complexity index is 1340. The zero-order chi connectivity index (χ0) is 21.8. The number of hydrogen-bond acceptors (Lipinski definition) is 5. The molecule has 0 bridgehead atoms. The fourth-order valence-corrected chi connectivity index (χ4v) is 4.58. The number of aromatic nitrogens is 2. The number of H-pyrrole nitrogens is 1. The number of likely N-dealkylation sites (N-methyl/N-ethyl adjacent to an activating group) is 1. The van der Waals surface area contributed by atoms with Gasteiger partial charge in [-0.1, -0.05) is 48.5 Å². The van der Waals surface area contributed by atoms with E-state index in [0.717, 1.165) is 37.4 Å². The first-order valence-corrected chi connectivity index (χ1v) is 11.8. The van der Waals surface area contributed by atoms with Crippen LogP contribution in [0.25, 0.3) is 28.2 Å². The molecule has 0 saturated carbocycles. The minimum atomic E-state index is -3.73. The minimum absolute atomic E-state index is 0.316. The second-order valence-corrected chi connectivity index (χ2v) is 9.63. The Hall–Kier alpha value is -3.27. The van der Waals surface area contributed by atoms with Gasteiger partial charge in [-0.2, -0.15) is 4.31 Å². The van der Waals surface area contributed by atoms with Crippen LogP contribution in [0.2, 0.25) is 0 Å². The highest BCUT2D eigenvalue weighted by Crippen LogP contribution is 2.30. The minimum Gasteiger partial charge on any atom is -0.360 e. The van der Waals surface area contributed by atoms with Gasteiger partial charge in [-0.15, -0.1) is 11.3 Å². The van der Waals surface area contributed by atoms with Gasteiger partial charge >= 0.3 is 0 Å². The molecule has 0 aliphatic heterocycles. The van der Waals surface area contributed by atoms with E-state index in [1.54, 1.807) is 12.1 Å². The summed E-state index contributed by atoms with van der Waals surface area (Å²) >= 11 is 1.29. The molecule has 2 N–H and O–H groups in total. The Morgan fingerprint density at radius 3 is 2.71 bits per heavy atom. The lowest BCUT2D eigenvalue weighted by Crippen LogP contribution is -2.33. The zero-order valence-electron chi connectivity index (χ0n) is 16.6. The molecule has 2 heterocycles. The average molecular weight is 453 g/mol. The molecule has 7 nitrogen and oxygen atoms in total. The number of hydrogen-bond donors (Lipinski definition) is 2. The highest BCUT2D eigenvalue weighted by atomic mass is 32.2. The lowest BCUT2D eigenvalue weighted by Gasteiger charge is -2.13. The van der Waals surface area contributed by atoms with E-state index in [-0.39, 0.29) is 6.54 Å². The Kier molecular flexibility index (Phi) is 5.99. The summed E-state index contributed by atoms with van der Waals surface area (Å²) in [6.07, 6.45) is 3.38. The normalized spacial score (nSPS) is 12.1. The van der Waals surface area contributed by atoms with Crippen molar-refractivity contribution in [2.45, 2.75) is 0 Å². The van der Waals surface area contributed by atoms with Gasteiger partial charge in [0.05, 0.1) is 12.2 Å². The molecule has 2 aromatic heterocycles. The third kappa shape index (κ3) is 4.91. The third-order valence-electron chi connectivity index (χ3n) is 4.65. The van der Waals surface area contributed by atoms with Crippen LogP contribution < -0.4 is 5.32 Å². The van der Waals surface area contributed by atoms with Crippen LogP contribution in [0.4, 0.5) is 5.13 Å². The number of thiazole rings is 1. The van der Waals surface area contributed by atoms with Crippen LogP contribution in [0.15, 0.2) is 71.6 Å². The summed E-state index contributed by atoms with van der Waals surface area (Å²) in [5.41, 5.74) is 3.45. The lowest BCUT2D eigenvalue weighted by molar-refractivity contribution is -0.116. The number of nitrogens with zero attached hydrogens (tertiary/aromatic N) is 2. The molecule has 0 fully saturated rings. The van der Waals surface area contributed by atoms with Crippen LogP contribution >= 0.6 is 11.3 Å². The van der Waals surface area contributed by atoms with E-state index in [0.29, 0.717) is 5.13 Å². The first-order chi connectivity index (χ1) is 14.9. The first-order valence-electron chi connectivity index (χ1n) is 9.44. The van der Waals surface area contributed by atoms with Crippen molar-refractivity contribution in [2.24, 2.45) is 0 Å². The van der Waals surface area contributed by atoms with Gasteiger partial charge in [-0.3, -0.25) is 4.79 Å². The quantitative estimate of drug-likeness (QED) is 0.440. The summed E-state index contributed by atoms with van der Waals surface area (Å²) in [6.45, 7) is -0.316. The van der Waals surface area contributed by atoms with E-state index >= 15 is 0 Å². The number of para-hydroxylation sites is 1. The van der Waals surface area contributed by atoms with Crippen molar-refractivity contribution < 1.29 is 13.2 Å². The largest absolute Gasteiger partial charge is 0.360 e. The van der Waals surface area contributed by atoms with Gasteiger partial charge in [-0.05, 0) is 17.7 Å². The predicted octanol–water partition coefficient (Wildman–Crippen LogP) is 4.16. The Morgan fingerprint density at radius 2 is 1.90 bits per heavy atom. The van der Waals surface area contributed by atoms with Crippen LogP contribution in [-0.4, -0.2) is 42.2 Å². The van der Waals surface area contributed by atoms with Crippen molar-refractivity contribution in [1.29, 1.82) is 0 Å². The molecule has 2 aromatic carbocycles. The highest BCUT2D eigenvalue weighted by molar-refractivity contribution is 7.92. The van der Waals surface area contributed by atoms with Crippen LogP contribution in [0.3, 0.4) is 0 Å². The molecular formula is C22H20N4O3S2. The van der Waals surface area contributed by atoms with Gasteiger partial charge in [0, 0.05) is 40.5 Å². The second-order valence-electron chi connectivity index (χ2n) is 6.85. The second kappa shape index (κ2) is 8.84. The molecule has 0 unspecified atom stereocenters. The van der Waals surface area contributed by atoms with Gasteiger partial charge in [0.1, 0.15) is 0 Å². The fourth-order valence-electron chi connectivity index (χ4n) is 3.02. The monoisotopic (exact) mass is 452 g/mol. The van der Waals surface area contributed by atoms with Crippen molar-refractivity contribution in [1.82, 2.24) is 14.3 Å².